The van der Waals surface area contributed by atoms with E-state index in [-0.39, 0.29) is 0 Å². The topological polar surface area (TPSA) is 88.5 Å². The molecule has 4 rings (SSSR count). The van der Waals surface area contributed by atoms with E-state index < -0.39 is 12.3 Å². The summed E-state index contributed by atoms with van der Waals surface area (Å²) in [5.74, 6) is 1.53. The van der Waals surface area contributed by atoms with Gasteiger partial charge in [-0.15, -0.1) is 11.3 Å². The third kappa shape index (κ3) is 3.51. The van der Waals surface area contributed by atoms with E-state index in [4.69, 9.17) is 4.98 Å². The number of aromatic nitrogens is 5. The first kappa shape index (κ1) is 17.8. The summed E-state index contributed by atoms with van der Waals surface area (Å²) in [5.41, 5.74) is 2.70. The number of aliphatic hydroxyl groups excluding tert-OH is 1. The van der Waals surface area contributed by atoms with Gasteiger partial charge in [0, 0.05) is 24.7 Å². The second-order valence-corrected chi connectivity index (χ2v) is 7.49. The van der Waals surface area contributed by atoms with Crippen molar-refractivity contribution in [1.29, 1.82) is 0 Å². The molecule has 27 heavy (non-hydrogen) atoms. The molecule has 0 aliphatic rings. The highest BCUT2D eigenvalue weighted by atomic mass is 32.1. The fraction of sp³-hybridized carbons (Fsp3) is 0.316. The van der Waals surface area contributed by atoms with Crippen molar-refractivity contribution in [2.45, 2.75) is 39.0 Å². The Morgan fingerprint density at radius 3 is 2.67 bits per heavy atom. The maximum atomic E-state index is 9.63. The van der Waals surface area contributed by atoms with Gasteiger partial charge in [0.15, 0.2) is 17.8 Å². The molecule has 0 bridgehead atoms. The van der Waals surface area contributed by atoms with Gasteiger partial charge in [-0.25, -0.2) is 14.5 Å². The Morgan fingerprint density at radius 2 is 1.96 bits per heavy atom. The molecule has 0 unspecified atom stereocenters. The summed E-state index contributed by atoms with van der Waals surface area (Å²) < 4.78 is 3.67. The van der Waals surface area contributed by atoms with Crippen molar-refractivity contribution < 1.29 is 10.2 Å². The summed E-state index contributed by atoms with van der Waals surface area (Å²) in [5, 5.41) is 25.8. The Bertz CT molecular complexity index is 1050. The van der Waals surface area contributed by atoms with Crippen LogP contribution < -0.4 is 0 Å². The van der Waals surface area contributed by atoms with E-state index in [1.54, 1.807) is 18.3 Å². The molecule has 0 saturated heterocycles. The molecule has 1 atom stereocenters. The number of thiophene rings is 1. The number of hydrogen-bond acceptors (Lipinski definition) is 6. The Kier molecular flexibility index (Phi) is 4.77. The van der Waals surface area contributed by atoms with Crippen LogP contribution in [0.5, 0.6) is 0 Å². The van der Waals surface area contributed by atoms with Gasteiger partial charge in [-0.3, -0.25) is 0 Å². The van der Waals surface area contributed by atoms with E-state index in [0.29, 0.717) is 12.8 Å². The molecule has 8 heteroatoms. The summed E-state index contributed by atoms with van der Waals surface area (Å²) in [6.07, 6.45) is 1.66. The van der Waals surface area contributed by atoms with Crippen molar-refractivity contribution in [2.24, 2.45) is 0 Å². The minimum Gasteiger partial charge on any atom is -0.366 e. The molecule has 0 saturated carbocycles. The van der Waals surface area contributed by atoms with Gasteiger partial charge < -0.3 is 14.8 Å². The minimum atomic E-state index is -1.45. The fourth-order valence-electron chi connectivity index (χ4n) is 3.07. The molecule has 0 radical (unpaired) electrons. The Balaban J connectivity index is 1.62. The van der Waals surface area contributed by atoms with E-state index >= 15 is 0 Å². The summed E-state index contributed by atoms with van der Waals surface area (Å²) in [7, 11) is 0. The van der Waals surface area contributed by atoms with Gasteiger partial charge in [-0.2, -0.15) is 5.10 Å². The van der Waals surface area contributed by atoms with Gasteiger partial charge in [-0.1, -0.05) is 12.1 Å². The molecule has 0 aromatic carbocycles. The van der Waals surface area contributed by atoms with Crippen LogP contribution in [0.1, 0.15) is 30.3 Å². The Morgan fingerprint density at radius 1 is 1.11 bits per heavy atom. The first-order valence-corrected chi connectivity index (χ1v) is 9.70. The van der Waals surface area contributed by atoms with Crippen molar-refractivity contribution in [1.82, 2.24) is 24.1 Å². The monoisotopic (exact) mass is 383 g/mol. The highest BCUT2D eigenvalue weighted by molar-refractivity contribution is 7.13. The van der Waals surface area contributed by atoms with Crippen LogP contribution in [0.25, 0.3) is 16.2 Å². The first-order chi connectivity index (χ1) is 13.0. The second-order valence-electron chi connectivity index (χ2n) is 6.55. The lowest BCUT2D eigenvalue weighted by Gasteiger charge is -2.17. The number of hydrogen-bond donors (Lipinski definition) is 2. The quantitative estimate of drug-likeness (QED) is 0.500. The zero-order chi connectivity index (χ0) is 19.0. The average Bonchev–Trinajstić information content (AvgIpc) is 3.37. The lowest BCUT2D eigenvalue weighted by atomic mass is 10.2. The molecule has 4 heterocycles. The summed E-state index contributed by atoms with van der Waals surface area (Å²) in [6.45, 7) is 3.76. The van der Waals surface area contributed by atoms with Crippen LogP contribution in [-0.4, -0.2) is 40.7 Å². The van der Waals surface area contributed by atoms with E-state index in [1.807, 2.05) is 57.9 Å². The summed E-state index contributed by atoms with van der Waals surface area (Å²) >= 11 is 1.61. The maximum Gasteiger partial charge on any atom is 0.172 e. The zero-order valence-electron chi connectivity index (χ0n) is 15.1. The molecule has 4 aromatic heterocycles. The molecule has 0 aliphatic carbocycles. The molecular weight excluding hydrogens is 362 g/mol. The molecule has 140 valence electrons. The van der Waals surface area contributed by atoms with Crippen LogP contribution in [0, 0.1) is 6.92 Å². The lowest BCUT2D eigenvalue weighted by molar-refractivity contribution is -0.0736. The largest absolute Gasteiger partial charge is 0.366 e. The number of pyridine rings is 1. The number of rotatable bonds is 6. The summed E-state index contributed by atoms with van der Waals surface area (Å²) in [4.78, 5) is 10.4. The summed E-state index contributed by atoms with van der Waals surface area (Å²) in [6, 6.07) is 9.39. The molecule has 0 amide bonds. The van der Waals surface area contributed by atoms with Crippen molar-refractivity contribution in [3.63, 3.8) is 0 Å². The average molecular weight is 383 g/mol. The van der Waals surface area contributed by atoms with Gasteiger partial charge in [0.1, 0.15) is 5.82 Å². The highest BCUT2D eigenvalue weighted by Crippen LogP contribution is 2.26. The Labute approximate surface area is 160 Å². The lowest BCUT2D eigenvalue weighted by Crippen LogP contribution is -2.22. The van der Waals surface area contributed by atoms with E-state index in [2.05, 4.69) is 10.1 Å². The first-order valence-electron chi connectivity index (χ1n) is 8.82. The minimum absolute atomic E-state index is 0.488. The maximum absolute atomic E-state index is 9.63. The third-order valence-corrected chi connectivity index (χ3v) is 5.51. The fourth-order valence-corrected chi connectivity index (χ4v) is 3.75. The molecule has 2 N–H and O–H groups in total. The van der Waals surface area contributed by atoms with Gasteiger partial charge >= 0.3 is 0 Å². The molecule has 0 spiro atoms. The van der Waals surface area contributed by atoms with Crippen LogP contribution in [0.4, 0.5) is 0 Å². The normalized spacial score (nSPS) is 12.9. The van der Waals surface area contributed by atoms with Crippen LogP contribution in [0.2, 0.25) is 0 Å². The molecule has 4 aromatic rings. The molecular formula is C19H21N5O2S. The van der Waals surface area contributed by atoms with Crippen molar-refractivity contribution in [2.75, 3.05) is 0 Å². The smallest absolute Gasteiger partial charge is 0.172 e. The van der Waals surface area contributed by atoms with Crippen LogP contribution in [-0.2, 0) is 12.8 Å². The Hall–Kier alpha value is -2.55. The van der Waals surface area contributed by atoms with E-state index in [9.17, 15) is 10.2 Å². The number of imidazole rings is 1. The third-order valence-electron chi connectivity index (χ3n) is 4.62. The van der Waals surface area contributed by atoms with Crippen LogP contribution >= 0.6 is 11.3 Å². The van der Waals surface area contributed by atoms with Gasteiger partial charge in [0.05, 0.1) is 16.6 Å². The molecule has 7 nitrogen and oxygen atoms in total. The van der Waals surface area contributed by atoms with Gasteiger partial charge in [-0.05, 0) is 37.4 Å². The van der Waals surface area contributed by atoms with Crippen LogP contribution in [0.3, 0.4) is 0 Å². The van der Waals surface area contributed by atoms with E-state index in [1.165, 1.54) is 0 Å². The molecule has 0 fully saturated rings. The number of aryl methyl sites for hydroxylation is 3. The molecule has 0 aliphatic heterocycles. The van der Waals surface area contributed by atoms with Gasteiger partial charge in [0.25, 0.3) is 0 Å². The van der Waals surface area contributed by atoms with E-state index in [0.717, 1.165) is 33.6 Å². The predicted octanol–water partition coefficient (Wildman–Crippen LogP) is 2.62. The van der Waals surface area contributed by atoms with Crippen LogP contribution in [0.15, 0.2) is 41.9 Å². The van der Waals surface area contributed by atoms with Crippen molar-refractivity contribution in [3.05, 3.63) is 59.3 Å². The van der Waals surface area contributed by atoms with Crippen molar-refractivity contribution >= 4 is 17.0 Å². The van der Waals surface area contributed by atoms with Crippen molar-refractivity contribution in [3.8, 4) is 10.6 Å². The number of fused-ring (bicyclic) bond motifs is 1. The van der Waals surface area contributed by atoms with Gasteiger partial charge in [0.2, 0.25) is 0 Å². The second kappa shape index (κ2) is 7.22. The number of nitrogens with zero attached hydrogens (tertiary/aromatic N) is 5. The number of aliphatic hydroxyl groups is 2. The highest BCUT2D eigenvalue weighted by Gasteiger charge is 2.19. The standard InChI is InChI=1S/C19H21N5O2S/c1-12-5-3-7-18-21-16(22-24(12)18)8-9-17-20-14(15-6-4-10-27-15)11-23(17)13(2)19(25)26/h3-7,10-11,13,19,25-26H,8-9H2,1-2H3/t13-/m0/s1. The SMILES string of the molecule is Cc1cccc2nc(CCc3nc(-c4cccs4)cn3[C@@H](C)C(O)O)nn12. The predicted molar refractivity (Wildman–Crippen MR) is 104 cm³/mol. The zero-order valence-corrected chi connectivity index (χ0v) is 16.0.